The van der Waals surface area contributed by atoms with E-state index >= 15 is 0 Å². The fourth-order valence-corrected chi connectivity index (χ4v) is 3.88. The SMILES string of the molecule is CCCC(=O)Nc1ccc2c(c1)[nH]c(=O)n2-n1cc(OC)c(-c2cc(Cl)ccc2C#N)cc1=O. The Morgan fingerprint density at radius 1 is 1.18 bits per heavy atom. The Morgan fingerprint density at radius 3 is 2.68 bits per heavy atom. The highest BCUT2D eigenvalue weighted by Gasteiger charge is 2.17. The average Bonchev–Trinajstić information content (AvgIpc) is 3.13. The number of amides is 1. The van der Waals surface area contributed by atoms with Crippen LogP contribution in [0.5, 0.6) is 5.75 Å². The summed E-state index contributed by atoms with van der Waals surface area (Å²) < 4.78 is 7.78. The van der Waals surface area contributed by atoms with E-state index in [-0.39, 0.29) is 11.7 Å². The average molecular weight is 478 g/mol. The molecule has 4 rings (SSSR count). The number of methoxy groups -OCH3 is 1. The van der Waals surface area contributed by atoms with Gasteiger partial charge in [-0.15, -0.1) is 0 Å². The molecule has 0 aliphatic rings. The number of H-pyrrole nitrogens is 1. The number of aromatic nitrogens is 3. The molecule has 2 heterocycles. The molecule has 0 saturated carbocycles. The van der Waals surface area contributed by atoms with E-state index in [1.165, 1.54) is 24.0 Å². The number of hydrogen-bond donors (Lipinski definition) is 2. The maximum Gasteiger partial charge on any atom is 0.345 e. The summed E-state index contributed by atoms with van der Waals surface area (Å²) in [5.74, 6) is 0.140. The van der Waals surface area contributed by atoms with Gasteiger partial charge in [0.05, 0.1) is 36.0 Å². The van der Waals surface area contributed by atoms with Gasteiger partial charge in [0.25, 0.3) is 5.56 Å². The zero-order valence-electron chi connectivity index (χ0n) is 18.4. The molecule has 1 amide bonds. The number of fused-ring (bicyclic) bond motifs is 1. The van der Waals surface area contributed by atoms with E-state index in [4.69, 9.17) is 16.3 Å². The highest BCUT2D eigenvalue weighted by atomic mass is 35.5. The zero-order valence-corrected chi connectivity index (χ0v) is 19.1. The number of benzene rings is 2. The van der Waals surface area contributed by atoms with Crippen LogP contribution in [0.3, 0.4) is 0 Å². The minimum absolute atomic E-state index is 0.127. The maximum atomic E-state index is 13.1. The first-order chi connectivity index (χ1) is 16.4. The summed E-state index contributed by atoms with van der Waals surface area (Å²) in [5, 5.41) is 12.7. The lowest BCUT2D eigenvalue weighted by Gasteiger charge is -2.14. The summed E-state index contributed by atoms with van der Waals surface area (Å²) in [4.78, 5) is 40.5. The molecule has 0 bridgehead atoms. The molecular weight excluding hydrogens is 458 g/mol. The van der Waals surface area contributed by atoms with E-state index in [9.17, 15) is 19.6 Å². The van der Waals surface area contributed by atoms with Crippen LogP contribution < -0.4 is 21.3 Å². The van der Waals surface area contributed by atoms with Crippen molar-refractivity contribution in [3.63, 3.8) is 0 Å². The number of imidazole rings is 1. The van der Waals surface area contributed by atoms with Crippen molar-refractivity contribution in [3.8, 4) is 22.9 Å². The second kappa shape index (κ2) is 9.29. The Hall–Kier alpha value is -4.29. The van der Waals surface area contributed by atoms with Gasteiger partial charge in [-0.05, 0) is 42.8 Å². The lowest BCUT2D eigenvalue weighted by atomic mass is 10.0. The lowest BCUT2D eigenvalue weighted by Crippen LogP contribution is -2.32. The van der Waals surface area contributed by atoms with Gasteiger partial charge in [0.15, 0.2) is 0 Å². The molecule has 0 spiro atoms. The van der Waals surface area contributed by atoms with Crippen LogP contribution in [0.15, 0.2) is 58.3 Å². The molecule has 0 fully saturated rings. The highest BCUT2D eigenvalue weighted by molar-refractivity contribution is 6.31. The van der Waals surface area contributed by atoms with Gasteiger partial charge < -0.3 is 15.0 Å². The molecule has 0 radical (unpaired) electrons. The van der Waals surface area contributed by atoms with Gasteiger partial charge in [-0.1, -0.05) is 18.5 Å². The van der Waals surface area contributed by atoms with Gasteiger partial charge in [-0.2, -0.15) is 9.94 Å². The van der Waals surface area contributed by atoms with Gasteiger partial charge in [0.1, 0.15) is 5.75 Å². The molecule has 0 atom stereocenters. The maximum absolute atomic E-state index is 13.1. The first-order valence-corrected chi connectivity index (χ1v) is 10.8. The predicted molar refractivity (Wildman–Crippen MR) is 129 cm³/mol. The summed E-state index contributed by atoms with van der Waals surface area (Å²) in [6.07, 6.45) is 2.48. The van der Waals surface area contributed by atoms with Crippen molar-refractivity contribution in [3.05, 3.63) is 80.1 Å². The Balaban J connectivity index is 1.85. The molecule has 34 heavy (non-hydrogen) atoms. The van der Waals surface area contributed by atoms with Crippen LogP contribution in [-0.2, 0) is 4.79 Å². The topological polar surface area (TPSA) is 122 Å². The largest absolute Gasteiger partial charge is 0.494 e. The summed E-state index contributed by atoms with van der Waals surface area (Å²) >= 11 is 6.11. The van der Waals surface area contributed by atoms with Crippen LogP contribution in [0, 0.1) is 11.3 Å². The minimum Gasteiger partial charge on any atom is -0.494 e. The van der Waals surface area contributed by atoms with Crippen molar-refractivity contribution in [1.82, 2.24) is 14.3 Å². The Morgan fingerprint density at radius 2 is 1.97 bits per heavy atom. The number of ether oxygens (including phenoxy) is 1. The zero-order chi connectivity index (χ0) is 24.4. The van der Waals surface area contributed by atoms with Gasteiger partial charge in [0, 0.05) is 34.3 Å². The Labute approximate surface area is 198 Å². The molecule has 4 aromatic rings. The van der Waals surface area contributed by atoms with E-state index in [0.717, 1.165) is 4.68 Å². The van der Waals surface area contributed by atoms with E-state index in [1.807, 2.05) is 6.92 Å². The minimum atomic E-state index is -0.551. The van der Waals surface area contributed by atoms with Gasteiger partial charge in [0.2, 0.25) is 5.91 Å². The summed E-state index contributed by atoms with van der Waals surface area (Å²) in [6, 6.07) is 13.0. The highest BCUT2D eigenvalue weighted by Crippen LogP contribution is 2.33. The van der Waals surface area contributed by atoms with Crippen molar-refractivity contribution in [2.45, 2.75) is 19.8 Å². The fourth-order valence-electron chi connectivity index (χ4n) is 3.71. The van der Waals surface area contributed by atoms with E-state index < -0.39 is 11.2 Å². The number of nitrogens with one attached hydrogen (secondary N) is 2. The number of pyridine rings is 1. The van der Waals surface area contributed by atoms with Crippen molar-refractivity contribution < 1.29 is 9.53 Å². The van der Waals surface area contributed by atoms with Crippen LogP contribution in [0.2, 0.25) is 5.02 Å². The quantitative estimate of drug-likeness (QED) is 0.438. The molecule has 0 aliphatic heterocycles. The fraction of sp³-hybridized carbons (Fsp3) is 0.167. The summed E-state index contributed by atoms with van der Waals surface area (Å²) in [7, 11) is 1.42. The normalized spacial score (nSPS) is 10.8. The predicted octanol–water partition coefficient (Wildman–Crippen LogP) is 3.74. The molecule has 2 N–H and O–H groups in total. The standard InChI is InChI=1S/C24H20ClN5O4/c1-3-4-22(31)27-16-7-8-20-19(10-16)28-24(33)30(20)29-13-21(34-2)18(11-23(29)32)17-9-15(25)6-5-14(17)12-26/h5-11,13H,3-4H2,1-2H3,(H,27,31)(H,28,33). The molecule has 2 aromatic heterocycles. The van der Waals surface area contributed by atoms with Crippen LogP contribution >= 0.6 is 11.6 Å². The number of carbonyl (C=O) groups is 1. The first kappa shape index (κ1) is 22.9. The number of rotatable bonds is 6. The molecule has 172 valence electrons. The number of nitriles is 1. The molecule has 0 aliphatic carbocycles. The number of halogens is 1. The first-order valence-electron chi connectivity index (χ1n) is 10.4. The summed E-state index contributed by atoms with van der Waals surface area (Å²) in [6.45, 7) is 1.91. The van der Waals surface area contributed by atoms with Crippen LogP contribution in [-0.4, -0.2) is 27.4 Å². The van der Waals surface area contributed by atoms with Gasteiger partial charge in [-0.25, -0.2) is 9.47 Å². The molecule has 2 aromatic carbocycles. The molecule has 0 saturated heterocycles. The Bertz CT molecular complexity index is 1580. The second-order valence-electron chi connectivity index (χ2n) is 7.51. The lowest BCUT2D eigenvalue weighted by molar-refractivity contribution is -0.116. The number of nitrogens with zero attached hydrogens (tertiary/aromatic N) is 3. The molecular formula is C24H20ClN5O4. The molecule has 0 unspecified atom stereocenters. The van der Waals surface area contributed by atoms with Gasteiger partial charge in [-0.3, -0.25) is 9.59 Å². The third kappa shape index (κ3) is 4.19. The van der Waals surface area contributed by atoms with Crippen LogP contribution in [0.25, 0.3) is 22.2 Å². The molecule has 9 nitrogen and oxygen atoms in total. The summed E-state index contributed by atoms with van der Waals surface area (Å²) in [5.41, 5.74) is 1.46. The third-order valence-corrected chi connectivity index (χ3v) is 5.48. The van der Waals surface area contributed by atoms with Crippen LogP contribution in [0.4, 0.5) is 5.69 Å². The third-order valence-electron chi connectivity index (χ3n) is 5.25. The second-order valence-corrected chi connectivity index (χ2v) is 7.95. The van der Waals surface area contributed by atoms with E-state index in [2.05, 4.69) is 16.4 Å². The van der Waals surface area contributed by atoms with Crippen LogP contribution in [0.1, 0.15) is 25.3 Å². The molecule has 10 heteroatoms. The van der Waals surface area contributed by atoms with Crippen molar-refractivity contribution in [1.29, 1.82) is 5.26 Å². The Kier molecular flexibility index (Phi) is 6.25. The van der Waals surface area contributed by atoms with Gasteiger partial charge >= 0.3 is 5.69 Å². The van der Waals surface area contributed by atoms with Crippen molar-refractivity contribution >= 4 is 34.2 Å². The van der Waals surface area contributed by atoms with Crippen molar-refractivity contribution in [2.24, 2.45) is 0 Å². The van der Waals surface area contributed by atoms with E-state index in [1.54, 1.807) is 36.4 Å². The van der Waals surface area contributed by atoms with E-state index in [0.29, 0.717) is 51.3 Å². The van der Waals surface area contributed by atoms with Crippen molar-refractivity contribution in [2.75, 3.05) is 12.4 Å². The number of aromatic amines is 1. The number of anilines is 1. The number of hydrogen-bond acceptors (Lipinski definition) is 5. The monoisotopic (exact) mass is 477 g/mol. The smallest absolute Gasteiger partial charge is 0.345 e. The number of carbonyl (C=O) groups excluding carboxylic acids is 1.